The number of sulfone groups is 1. The van der Waals surface area contributed by atoms with Gasteiger partial charge >= 0.3 is 0 Å². The Bertz CT molecular complexity index is 960. The average Bonchev–Trinajstić information content (AvgIpc) is 3.04. The highest BCUT2D eigenvalue weighted by Gasteiger charge is 2.49. The molecule has 4 rings (SSSR count). The van der Waals surface area contributed by atoms with Crippen LogP contribution in [0.3, 0.4) is 0 Å². The Labute approximate surface area is 172 Å². The molecule has 29 heavy (non-hydrogen) atoms. The first-order valence-corrected chi connectivity index (χ1v) is 11.7. The van der Waals surface area contributed by atoms with Crippen LogP contribution in [-0.4, -0.2) is 63.0 Å². The van der Waals surface area contributed by atoms with Gasteiger partial charge in [-0.3, -0.25) is 9.69 Å². The van der Waals surface area contributed by atoms with E-state index in [2.05, 4.69) is 17.0 Å². The summed E-state index contributed by atoms with van der Waals surface area (Å²) in [6.45, 7) is 0.964. The van der Waals surface area contributed by atoms with Gasteiger partial charge in [-0.05, 0) is 49.2 Å². The van der Waals surface area contributed by atoms with Crippen LogP contribution in [0.5, 0.6) is 5.75 Å². The largest absolute Gasteiger partial charge is 0.497 e. The number of amides is 1. The van der Waals surface area contributed by atoms with Crippen LogP contribution in [0, 0.1) is 0 Å². The number of aryl methyl sites for hydroxylation is 1. The van der Waals surface area contributed by atoms with Gasteiger partial charge in [-0.2, -0.15) is 0 Å². The molecular weight excluding hydrogens is 388 g/mol. The topological polar surface area (TPSA) is 66.9 Å². The number of anilines is 1. The molecule has 0 radical (unpaired) electrons. The van der Waals surface area contributed by atoms with Crippen molar-refractivity contribution in [3.63, 3.8) is 0 Å². The van der Waals surface area contributed by atoms with Crippen molar-refractivity contribution in [3.05, 3.63) is 60.2 Å². The summed E-state index contributed by atoms with van der Waals surface area (Å²) in [5.41, 5.74) is 1.98. The molecule has 0 spiro atoms. The average molecular weight is 415 g/mol. The van der Waals surface area contributed by atoms with Gasteiger partial charge in [0.25, 0.3) is 0 Å². The minimum atomic E-state index is -3.18. The van der Waals surface area contributed by atoms with E-state index in [9.17, 15) is 13.2 Å². The summed E-state index contributed by atoms with van der Waals surface area (Å²) in [5, 5.41) is 0. The molecule has 0 bridgehead atoms. The zero-order chi connectivity index (χ0) is 20.4. The monoisotopic (exact) mass is 414 g/mol. The molecule has 2 heterocycles. The lowest BCUT2D eigenvalue weighted by molar-refractivity contribution is -0.123. The maximum absolute atomic E-state index is 13.0. The first-order chi connectivity index (χ1) is 14.0. The molecule has 0 aromatic heterocycles. The van der Waals surface area contributed by atoms with Gasteiger partial charge in [-0.25, -0.2) is 8.42 Å². The summed E-state index contributed by atoms with van der Waals surface area (Å²) < 4.78 is 30.1. The summed E-state index contributed by atoms with van der Waals surface area (Å²) in [6, 6.07) is 17.0. The number of piperazine rings is 1. The van der Waals surface area contributed by atoms with Crippen molar-refractivity contribution < 1.29 is 17.9 Å². The fraction of sp³-hybridized carbons (Fsp3) is 0.409. The molecule has 2 aromatic rings. The second-order valence-electron chi connectivity index (χ2n) is 7.73. The predicted molar refractivity (Wildman–Crippen MR) is 113 cm³/mol. The number of ether oxygens (including phenoxy) is 1. The van der Waals surface area contributed by atoms with Gasteiger partial charge < -0.3 is 9.64 Å². The second-order valence-corrected chi connectivity index (χ2v) is 9.89. The normalized spacial score (nSPS) is 23.8. The van der Waals surface area contributed by atoms with Crippen molar-refractivity contribution >= 4 is 21.4 Å². The van der Waals surface area contributed by atoms with Gasteiger partial charge in [-0.1, -0.05) is 30.3 Å². The number of carbonyl (C=O) groups excluding carboxylic acids is 1. The molecule has 2 aromatic carbocycles. The fourth-order valence-electron chi connectivity index (χ4n) is 4.41. The predicted octanol–water partition coefficient (Wildman–Crippen LogP) is 2.14. The maximum Gasteiger partial charge on any atom is 0.241 e. The number of benzene rings is 2. The number of hydrogen-bond donors (Lipinski definition) is 0. The van der Waals surface area contributed by atoms with Crippen LogP contribution in [-0.2, 0) is 21.1 Å². The summed E-state index contributed by atoms with van der Waals surface area (Å²) in [6.07, 6.45) is 1.81. The molecule has 0 saturated carbocycles. The number of methoxy groups -OCH3 is 1. The van der Waals surface area contributed by atoms with Crippen LogP contribution in [0.2, 0.25) is 0 Å². The summed E-state index contributed by atoms with van der Waals surface area (Å²) in [5.74, 6) is 0.790. The number of carbonyl (C=O) groups is 1. The van der Waals surface area contributed by atoms with Crippen LogP contribution < -0.4 is 9.64 Å². The lowest BCUT2D eigenvalue weighted by Crippen LogP contribution is -2.62. The fourth-order valence-corrected chi connectivity index (χ4v) is 6.39. The Morgan fingerprint density at radius 1 is 1.00 bits per heavy atom. The highest BCUT2D eigenvalue weighted by Crippen LogP contribution is 2.32. The summed E-state index contributed by atoms with van der Waals surface area (Å²) in [4.78, 5) is 16.8. The third-order valence-corrected chi connectivity index (χ3v) is 7.50. The summed E-state index contributed by atoms with van der Waals surface area (Å²) >= 11 is 0. The second kappa shape index (κ2) is 8.16. The molecule has 2 aliphatic rings. The third kappa shape index (κ3) is 4.31. The van der Waals surface area contributed by atoms with Gasteiger partial charge in [0, 0.05) is 11.7 Å². The van der Waals surface area contributed by atoms with Crippen LogP contribution in [0.25, 0.3) is 0 Å². The van der Waals surface area contributed by atoms with Gasteiger partial charge in [0.2, 0.25) is 5.91 Å². The molecule has 2 saturated heterocycles. The minimum Gasteiger partial charge on any atom is -0.497 e. The highest BCUT2D eigenvalue weighted by atomic mass is 32.2. The van der Waals surface area contributed by atoms with Crippen LogP contribution in [0.15, 0.2) is 54.6 Å². The number of nitrogens with zero attached hydrogens (tertiary/aromatic N) is 2. The molecule has 7 heteroatoms. The lowest BCUT2D eigenvalue weighted by atomic mass is 10.0. The van der Waals surface area contributed by atoms with Gasteiger partial charge in [0.15, 0.2) is 9.84 Å². The van der Waals surface area contributed by atoms with E-state index in [0.717, 1.165) is 18.5 Å². The van der Waals surface area contributed by atoms with Gasteiger partial charge in [-0.15, -0.1) is 0 Å². The molecule has 2 fully saturated rings. The van der Waals surface area contributed by atoms with E-state index in [0.29, 0.717) is 12.3 Å². The van der Waals surface area contributed by atoms with Crippen LogP contribution in [0.4, 0.5) is 5.69 Å². The standard InChI is InChI=1S/C22H26N2O4S/c1-28-19-11-9-18(10-12-19)24-21-16-29(26,27)15-20(21)23(14-22(24)25)13-5-8-17-6-3-2-4-7-17/h2-4,6-7,9-12,20-21H,5,8,13-16H2,1H3/t20-,21+/m0/s1. The van der Waals surface area contributed by atoms with Crippen molar-refractivity contribution in [1.82, 2.24) is 4.90 Å². The number of hydrogen-bond acceptors (Lipinski definition) is 5. The summed E-state index contributed by atoms with van der Waals surface area (Å²) in [7, 11) is -1.59. The smallest absolute Gasteiger partial charge is 0.241 e. The quantitative estimate of drug-likeness (QED) is 0.725. The Morgan fingerprint density at radius 3 is 2.38 bits per heavy atom. The van der Waals surface area contributed by atoms with Crippen LogP contribution in [0.1, 0.15) is 12.0 Å². The molecule has 2 atom stereocenters. The number of rotatable bonds is 6. The van der Waals surface area contributed by atoms with E-state index in [1.165, 1.54) is 5.56 Å². The first-order valence-electron chi connectivity index (χ1n) is 9.91. The molecule has 2 aliphatic heterocycles. The highest BCUT2D eigenvalue weighted by molar-refractivity contribution is 7.91. The van der Waals surface area contributed by atoms with Crippen molar-refractivity contribution in [2.45, 2.75) is 24.9 Å². The van der Waals surface area contributed by atoms with E-state index >= 15 is 0 Å². The third-order valence-electron chi connectivity index (χ3n) is 5.81. The zero-order valence-electron chi connectivity index (χ0n) is 16.5. The minimum absolute atomic E-state index is 0.0185. The zero-order valence-corrected chi connectivity index (χ0v) is 17.3. The molecule has 1 amide bonds. The van der Waals surface area contributed by atoms with E-state index < -0.39 is 9.84 Å². The SMILES string of the molecule is COc1ccc(N2C(=O)CN(CCCc3ccccc3)[C@H]3CS(=O)(=O)C[C@H]32)cc1. The molecule has 6 nitrogen and oxygen atoms in total. The molecule has 0 unspecified atom stereocenters. The Kier molecular flexibility index (Phi) is 5.61. The Hall–Kier alpha value is -2.38. The first kappa shape index (κ1) is 19.9. The van der Waals surface area contributed by atoms with Crippen molar-refractivity contribution in [1.29, 1.82) is 0 Å². The van der Waals surface area contributed by atoms with Crippen LogP contribution >= 0.6 is 0 Å². The number of fused-ring (bicyclic) bond motifs is 1. The maximum atomic E-state index is 13.0. The molecule has 0 N–H and O–H groups in total. The Balaban J connectivity index is 1.51. The molecule has 0 aliphatic carbocycles. The van der Waals surface area contributed by atoms with Gasteiger partial charge in [0.05, 0.1) is 31.2 Å². The van der Waals surface area contributed by atoms with E-state index in [-0.39, 0.29) is 36.0 Å². The van der Waals surface area contributed by atoms with Crippen molar-refractivity contribution in [3.8, 4) is 5.75 Å². The van der Waals surface area contributed by atoms with E-state index in [1.54, 1.807) is 24.1 Å². The molecular formula is C22H26N2O4S. The van der Waals surface area contributed by atoms with E-state index in [1.807, 2.05) is 30.3 Å². The van der Waals surface area contributed by atoms with Crippen molar-refractivity contribution in [2.75, 3.05) is 36.6 Å². The van der Waals surface area contributed by atoms with Gasteiger partial charge in [0.1, 0.15) is 5.75 Å². The Morgan fingerprint density at radius 2 is 1.69 bits per heavy atom. The lowest BCUT2D eigenvalue weighted by Gasteiger charge is -2.43. The van der Waals surface area contributed by atoms with Crippen molar-refractivity contribution in [2.24, 2.45) is 0 Å². The molecule has 154 valence electrons. The van der Waals surface area contributed by atoms with E-state index in [4.69, 9.17) is 4.74 Å².